The maximum atomic E-state index is 11.7. The Hall–Kier alpha value is -1.79. The summed E-state index contributed by atoms with van der Waals surface area (Å²) in [6.07, 6.45) is -1.49. The van der Waals surface area contributed by atoms with E-state index >= 15 is 0 Å². The Bertz CT molecular complexity index is 403. The molecule has 0 rings (SSSR count). The highest BCUT2D eigenvalue weighted by Gasteiger charge is 2.20. The van der Waals surface area contributed by atoms with Gasteiger partial charge in [0.05, 0.1) is 0 Å². The quantitative estimate of drug-likeness (QED) is 0.574. The van der Waals surface area contributed by atoms with Gasteiger partial charge in [-0.1, -0.05) is 0 Å². The van der Waals surface area contributed by atoms with Crippen LogP contribution in [0.2, 0.25) is 0 Å². The molecule has 0 unspecified atom stereocenters. The van der Waals surface area contributed by atoms with E-state index < -0.39 is 23.4 Å². The number of nitrogens with zero attached hydrogens (tertiary/aromatic N) is 1. The normalized spacial score (nSPS) is 12.9. The highest BCUT2D eigenvalue weighted by atomic mass is 16.6. The summed E-state index contributed by atoms with van der Waals surface area (Å²) < 4.78 is 10.2. The minimum atomic E-state index is -0.790. The van der Waals surface area contributed by atoms with Crippen LogP contribution in [-0.4, -0.2) is 35.4 Å². The van der Waals surface area contributed by atoms with E-state index in [0.717, 1.165) is 0 Å². The molecule has 0 spiro atoms. The van der Waals surface area contributed by atoms with Crippen LogP contribution in [0.3, 0.4) is 0 Å². The summed E-state index contributed by atoms with van der Waals surface area (Å²) in [4.78, 5) is 27.1. The summed E-state index contributed by atoms with van der Waals surface area (Å²) in [5.74, 6) is -0.00602. The maximum absolute atomic E-state index is 11.7. The third-order valence-corrected chi connectivity index (χ3v) is 1.64. The molecule has 0 radical (unpaired) electrons. The van der Waals surface area contributed by atoms with Crippen molar-refractivity contribution in [1.29, 1.82) is 0 Å². The zero-order valence-electron chi connectivity index (χ0n) is 14.2. The van der Waals surface area contributed by atoms with Crippen molar-refractivity contribution < 1.29 is 19.1 Å². The molecule has 0 bridgehead atoms. The second-order valence-corrected chi connectivity index (χ2v) is 6.87. The van der Waals surface area contributed by atoms with E-state index in [1.165, 1.54) is 0 Å². The molecule has 21 heavy (non-hydrogen) atoms. The first-order valence-corrected chi connectivity index (χ1v) is 6.87. The number of aliphatic imine (C=N–C) groups is 1. The van der Waals surface area contributed by atoms with Gasteiger partial charge >= 0.3 is 12.2 Å². The van der Waals surface area contributed by atoms with E-state index in [0.29, 0.717) is 0 Å². The Labute approximate surface area is 126 Å². The minimum Gasteiger partial charge on any atom is -0.444 e. The van der Waals surface area contributed by atoms with E-state index in [1.54, 1.807) is 41.5 Å². The van der Waals surface area contributed by atoms with Gasteiger partial charge in [-0.15, -0.1) is 4.99 Å². The van der Waals surface area contributed by atoms with E-state index in [2.05, 4.69) is 15.6 Å². The van der Waals surface area contributed by atoms with Crippen LogP contribution in [0.25, 0.3) is 0 Å². The lowest BCUT2D eigenvalue weighted by molar-refractivity contribution is 0.0560. The summed E-state index contributed by atoms with van der Waals surface area (Å²) in [6.45, 7) is 14.1. The highest BCUT2D eigenvalue weighted by Crippen LogP contribution is 2.08. The predicted octanol–water partition coefficient (Wildman–Crippen LogP) is 2.80. The lowest BCUT2D eigenvalue weighted by Gasteiger charge is -2.21. The van der Waals surface area contributed by atoms with Crippen LogP contribution < -0.4 is 10.6 Å². The first-order chi connectivity index (χ1) is 9.28. The molecule has 2 amide bonds. The first-order valence-electron chi connectivity index (χ1n) is 6.87. The standard InChI is InChI=1S/C14H27N3O4/c1-9(2)15-10(16-11(18)20-13(3,4)5)17-12(19)21-14(6,7)8/h9H,1-8H3,(H2,15,16,17,18,19). The largest absolute Gasteiger partial charge is 0.444 e. The number of hydrogen-bond acceptors (Lipinski definition) is 4. The van der Waals surface area contributed by atoms with Crippen LogP contribution >= 0.6 is 0 Å². The van der Waals surface area contributed by atoms with Gasteiger partial charge in [0.1, 0.15) is 11.2 Å². The second-order valence-electron chi connectivity index (χ2n) is 6.87. The Morgan fingerprint density at radius 2 is 1.43 bits per heavy atom. The number of guanidine groups is 1. The van der Waals surface area contributed by atoms with Gasteiger partial charge in [0.25, 0.3) is 0 Å². The molecule has 0 saturated carbocycles. The van der Waals surface area contributed by atoms with Gasteiger partial charge in [-0.3, -0.25) is 5.32 Å². The molecule has 122 valence electrons. The summed E-state index contributed by atoms with van der Waals surface area (Å²) >= 11 is 0. The average Bonchev–Trinajstić information content (AvgIpc) is 2.07. The van der Waals surface area contributed by atoms with Crippen LogP contribution in [0.5, 0.6) is 0 Å². The van der Waals surface area contributed by atoms with Crippen LogP contribution in [0.4, 0.5) is 9.59 Å². The predicted molar refractivity (Wildman–Crippen MR) is 81.3 cm³/mol. The molecule has 0 aromatic heterocycles. The Balaban J connectivity index is 4.87. The molecule has 2 N–H and O–H groups in total. The zero-order valence-corrected chi connectivity index (χ0v) is 14.2. The molecule has 0 aliphatic rings. The van der Waals surface area contributed by atoms with E-state index in [1.807, 2.05) is 13.8 Å². The summed E-state index contributed by atoms with van der Waals surface area (Å²) in [5, 5.41) is 5.25. The number of ether oxygens (including phenoxy) is 2. The fraction of sp³-hybridized carbons (Fsp3) is 0.786. The second kappa shape index (κ2) is 7.28. The molecule has 0 aliphatic carbocycles. The molecule has 0 aromatic carbocycles. The number of amides is 2. The van der Waals surface area contributed by atoms with Gasteiger partial charge in [0.15, 0.2) is 0 Å². The fourth-order valence-corrected chi connectivity index (χ4v) is 1.15. The summed E-state index contributed by atoms with van der Waals surface area (Å²) in [6, 6.07) is -0.0267. The number of carbonyl (C=O) groups is 2. The van der Waals surface area contributed by atoms with Crippen molar-refractivity contribution in [3.05, 3.63) is 0 Å². The number of alkyl carbamates (subject to hydrolysis) is 1. The zero-order chi connectivity index (χ0) is 16.8. The van der Waals surface area contributed by atoms with Crippen molar-refractivity contribution in [2.45, 2.75) is 72.6 Å². The topological polar surface area (TPSA) is 89.0 Å². The van der Waals surface area contributed by atoms with E-state index in [9.17, 15) is 9.59 Å². The summed E-state index contributed by atoms with van der Waals surface area (Å²) in [7, 11) is 0. The van der Waals surface area contributed by atoms with Gasteiger partial charge in [0.2, 0.25) is 5.96 Å². The van der Waals surface area contributed by atoms with Gasteiger partial charge < -0.3 is 14.8 Å². The summed E-state index contributed by atoms with van der Waals surface area (Å²) in [5.41, 5.74) is -1.30. The first kappa shape index (κ1) is 19.2. The van der Waals surface area contributed by atoms with Gasteiger partial charge in [-0.05, 0) is 55.4 Å². The van der Waals surface area contributed by atoms with Gasteiger partial charge in [-0.2, -0.15) is 0 Å². The molecule has 0 saturated heterocycles. The molecular weight excluding hydrogens is 274 g/mol. The smallest absolute Gasteiger partial charge is 0.437 e. The third-order valence-electron chi connectivity index (χ3n) is 1.64. The van der Waals surface area contributed by atoms with Crippen molar-refractivity contribution in [2.24, 2.45) is 4.99 Å². The highest BCUT2D eigenvalue weighted by molar-refractivity contribution is 5.98. The number of carbonyl (C=O) groups excluding carboxylic acids is 2. The minimum absolute atomic E-state index is 0.00602. The molecule has 0 heterocycles. The van der Waals surface area contributed by atoms with Crippen molar-refractivity contribution in [1.82, 2.24) is 10.6 Å². The maximum Gasteiger partial charge on any atom is 0.437 e. The molecule has 7 nitrogen and oxygen atoms in total. The number of hydrogen-bond donors (Lipinski definition) is 2. The lowest BCUT2D eigenvalue weighted by atomic mass is 10.2. The molecule has 0 fully saturated rings. The van der Waals surface area contributed by atoms with E-state index in [-0.39, 0.29) is 12.0 Å². The molecule has 0 aliphatic heterocycles. The van der Waals surface area contributed by atoms with Crippen molar-refractivity contribution in [2.75, 3.05) is 0 Å². The van der Waals surface area contributed by atoms with Crippen LogP contribution in [0.15, 0.2) is 4.99 Å². The fourth-order valence-electron chi connectivity index (χ4n) is 1.15. The monoisotopic (exact) mass is 301 g/mol. The molecule has 7 heteroatoms. The number of nitrogens with one attached hydrogen (secondary N) is 2. The third kappa shape index (κ3) is 11.7. The SMILES string of the molecule is CC(C)N/C(=N\C(=O)OC(C)(C)C)NC(=O)OC(C)(C)C. The Morgan fingerprint density at radius 1 is 0.952 bits per heavy atom. The van der Waals surface area contributed by atoms with E-state index in [4.69, 9.17) is 9.47 Å². The lowest BCUT2D eigenvalue weighted by Crippen LogP contribution is -2.46. The van der Waals surface area contributed by atoms with Crippen molar-refractivity contribution in [3.8, 4) is 0 Å². The molecular formula is C14H27N3O4. The molecule has 0 atom stereocenters. The van der Waals surface area contributed by atoms with Gasteiger partial charge in [0, 0.05) is 6.04 Å². The van der Waals surface area contributed by atoms with Crippen LogP contribution in [0, 0.1) is 0 Å². The van der Waals surface area contributed by atoms with Crippen molar-refractivity contribution in [3.63, 3.8) is 0 Å². The van der Waals surface area contributed by atoms with Crippen LogP contribution in [-0.2, 0) is 9.47 Å². The van der Waals surface area contributed by atoms with Gasteiger partial charge in [-0.25, -0.2) is 9.59 Å². The molecule has 0 aromatic rings. The number of rotatable bonds is 1. The Kier molecular flexibility index (Phi) is 6.66. The van der Waals surface area contributed by atoms with Crippen LogP contribution in [0.1, 0.15) is 55.4 Å². The van der Waals surface area contributed by atoms with Crippen molar-refractivity contribution >= 4 is 18.1 Å². The Morgan fingerprint density at radius 3 is 1.81 bits per heavy atom. The average molecular weight is 301 g/mol.